The molecular weight excluding hydrogens is 304 g/mol. The zero-order chi connectivity index (χ0) is 16.9. The second-order valence-corrected chi connectivity index (χ2v) is 6.69. The fraction of sp³-hybridized carbons (Fsp3) is 0.579. The first-order valence-corrected chi connectivity index (χ1v) is 8.89. The van der Waals surface area contributed by atoms with Crippen LogP contribution in [0.25, 0.3) is 0 Å². The van der Waals surface area contributed by atoms with Crippen molar-refractivity contribution in [2.75, 3.05) is 26.7 Å². The molecule has 1 aromatic carbocycles. The standard InChI is InChI=1S/C19H26N2O3/c1-24-17-8-4-3-7-14(17)9-10-20-18(22)15-13-16(15)19(23)21-11-5-2-6-12-21/h3-4,7-8,15-16H,2,5-6,9-13H2,1H3,(H,20,22). The predicted molar refractivity (Wildman–Crippen MR) is 91.7 cm³/mol. The third-order valence-corrected chi connectivity index (χ3v) is 5.00. The first-order valence-electron chi connectivity index (χ1n) is 8.89. The molecule has 5 heteroatoms. The number of carbonyl (C=O) groups excluding carboxylic acids is 2. The Morgan fingerprint density at radius 2 is 1.92 bits per heavy atom. The Morgan fingerprint density at radius 1 is 1.17 bits per heavy atom. The molecule has 130 valence electrons. The summed E-state index contributed by atoms with van der Waals surface area (Å²) in [6, 6.07) is 7.83. The van der Waals surface area contributed by atoms with Crippen molar-refractivity contribution in [1.29, 1.82) is 0 Å². The Hall–Kier alpha value is -2.04. The maximum absolute atomic E-state index is 12.4. The van der Waals surface area contributed by atoms with Gasteiger partial charge in [0.25, 0.3) is 0 Å². The molecule has 1 aliphatic carbocycles. The van der Waals surface area contributed by atoms with Gasteiger partial charge < -0.3 is 15.0 Å². The van der Waals surface area contributed by atoms with Gasteiger partial charge in [0.05, 0.1) is 18.9 Å². The predicted octanol–water partition coefficient (Wildman–Crippen LogP) is 2.00. The van der Waals surface area contributed by atoms with Gasteiger partial charge in [0.15, 0.2) is 0 Å². The summed E-state index contributed by atoms with van der Waals surface area (Å²) in [5.41, 5.74) is 1.08. The molecule has 1 aromatic rings. The van der Waals surface area contributed by atoms with Gasteiger partial charge in [-0.1, -0.05) is 18.2 Å². The van der Waals surface area contributed by atoms with Crippen LogP contribution < -0.4 is 10.1 Å². The number of piperidine rings is 1. The van der Waals surface area contributed by atoms with Crippen molar-refractivity contribution >= 4 is 11.8 Å². The third-order valence-electron chi connectivity index (χ3n) is 5.00. The Balaban J connectivity index is 1.42. The molecule has 1 N–H and O–H groups in total. The number of nitrogens with zero attached hydrogens (tertiary/aromatic N) is 1. The molecule has 2 atom stereocenters. The number of benzene rings is 1. The van der Waals surface area contributed by atoms with Gasteiger partial charge in [-0.3, -0.25) is 9.59 Å². The van der Waals surface area contributed by atoms with Crippen LogP contribution in [0.5, 0.6) is 5.75 Å². The van der Waals surface area contributed by atoms with Gasteiger partial charge in [-0.25, -0.2) is 0 Å². The molecule has 0 bridgehead atoms. The number of carbonyl (C=O) groups is 2. The molecule has 24 heavy (non-hydrogen) atoms. The molecule has 1 saturated heterocycles. The van der Waals surface area contributed by atoms with Crippen molar-refractivity contribution in [1.82, 2.24) is 10.2 Å². The smallest absolute Gasteiger partial charge is 0.226 e. The maximum atomic E-state index is 12.4. The van der Waals surface area contributed by atoms with Crippen molar-refractivity contribution < 1.29 is 14.3 Å². The van der Waals surface area contributed by atoms with E-state index >= 15 is 0 Å². The van der Waals surface area contributed by atoms with Crippen LogP contribution in [0.4, 0.5) is 0 Å². The van der Waals surface area contributed by atoms with E-state index in [1.54, 1.807) is 7.11 Å². The molecule has 3 rings (SSSR count). The highest BCUT2D eigenvalue weighted by atomic mass is 16.5. The zero-order valence-electron chi connectivity index (χ0n) is 14.3. The van der Waals surface area contributed by atoms with Gasteiger partial charge in [0, 0.05) is 19.6 Å². The lowest BCUT2D eigenvalue weighted by Crippen LogP contribution is -2.38. The number of hydrogen-bond acceptors (Lipinski definition) is 3. The summed E-state index contributed by atoms with van der Waals surface area (Å²) in [5.74, 6) is 0.822. The number of nitrogens with one attached hydrogen (secondary N) is 1. The first kappa shape index (κ1) is 16.8. The minimum Gasteiger partial charge on any atom is -0.496 e. The number of ether oxygens (including phenoxy) is 1. The van der Waals surface area contributed by atoms with E-state index in [1.807, 2.05) is 29.2 Å². The summed E-state index contributed by atoms with van der Waals surface area (Å²) in [7, 11) is 1.65. The molecular formula is C19H26N2O3. The minimum absolute atomic E-state index is 0.0141. The lowest BCUT2D eigenvalue weighted by Gasteiger charge is -2.26. The molecule has 2 unspecified atom stereocenters. The summed E-state index contributed by atoms with van der Waals surface area (Å²) in [5, 5.41) is 2.97. The van der Waals surface area contributed by atoms with Crippen molar-refractivity contribution in [3.05, 3.63) is 29.8 Å². The zero-order valence-corrected chi connectivity index (χ0v) is 14.3. The average molecular weight is 330 g/mol. The minimum atomic E-state index is -0.128. The third kappa shape index (κ3) is 3.89. The second kappa shape index (κ2) is 7.69. The number of likely N-dealkylation sites (tertiary alicyclic amines) is 1. The molecule has 2 aliphatic rings. The Labute approximate surface area is 143 Å². The molecule has 2 fully saturated rings. The fourth-order valence-electron chi connectivity index (χ4n) is 3.47. The average Bonchev–Trinajstić information content (AvgIpc) is 3.43. The van der Waals surface area contributed by atoms with Gasteiger partial charge in [-0.2, -0.15) is 0 Å². The highest BCUT2D eigenvalue weighted by Gasteiger charge is 2.49. The van der Waals surface area contributed by atoms with Crippen LogP contribution in [0.1, 0.15) is 31.2 Å². The molecule has 1 saturated carbocycles. The summed E-state index contributed by atoms with van der Waals surface area (Å²) in [6.45, 7) is 2.29. The second-order valence-electron chi connectivity index (χ2n) is 6.69. The van der Waals surface area contributed by atoms with Crippen LogP contribution in [-0.4, -0.2) is 43.5 Å². The lowest BCUT2D eigenvalue weighted by molar-refractivity contribution is -0.135. The van der Waals surface area contributed by atoms with Crippen LogP contribution >= 0.6 is 0 Å². The summed E-state index contributed by atoms with van der Waals surface area (Å²) in [4.78, 5) is 26.6. The molecule has 0 spiro atoms. The van der Waals surface area contributed by atoms with Crippen LogP contribution in [0, 0.1) is 11.8 Å². The Bertz CT molecular complexity index is 596. The highest BCUT2D eigenvalue weighted by Crippen LogP contribution is 2.40. The van der Waals surface area contributed by atoms with E-state index in [9.17, 15) is 9.59 Å². The van der Waals surface area contributed by atoms with Crippen molar-refractivity contribution in [2.24, 2.45) is 11.8 Å². The summed E-state index contributed by atoms with van der Waals surface area (Å²) < 4.78 is 5.32. The van der Waals surface area contributed by atoms with Crippen LogP contribution in [-0.2, 0) is 16.0 Å². The number of rotatable bonds is 6. The molecule has 1 aliphatic heterocycles. The van der Waals surface area contributed by atoms with Crippen molar-refractivity contribution in [3.8, 4) is 5.75 Å². The van der Waals surface area contributed by atoms with E-state index in [0.717, 1.165) is 43.7 Å². The summed E-state index contributed by atoms with van der Waals surface area (Å²) >= 11 is 0. The van der Waals surface area contributed by atoms with Crippen molar-refractivity contribution in [2.45, 2.75) is 32.1 Å². The van der Waals surface area contributed by atoms with Crippen LogP contribution in [0.15, 0.2) is 24.3 Å². The number of methoxy groups -OCH3 is 1. The maximum Gasteiger partial charge on any atom is 0.226 e. The molecule has 5 nitrogen and oxygen atoms in total. The molecule has 1 heterocycles. The largest absolute Gasteiger partial charge is 0.496 e. The van der Waals surface area contributed by atoms with E-state index < -0.39 is 0 Å². The molecule has 0 radical (unpaired) electrons. The number of hydrogen-bond donors (Lipinski definition) is 1. The van der Waals surface area contributed by atoms with E-state index in [1.165, 1.54) is 6.42 Å². The van der Waals surface area contributed by atoms with E-state index in [4.69, 9.17) is 4.74 Å². The van der Waals surface area contributed by atoms with Gasteiger partial charge in [0.1, 0.15) is 5.75 Å². The lowest BCUT2D eigenvalue weighted by atomic mass is 10.1. The van der Waals surface area contributed by atoms with Crippen LogP contribution in [0.2, 0.25) is 0 Å². The fourth-order valence-corrected chi connectivity index (χ4v) is 3.47. The topological polar surface area (TPSA) is 58.6 Å². The first-order chi connectivity index (χ1) is 11.7. The number of para-hydroxylation sites is 1. The van der Waals surface area contributed by atoms with Gasteiger partial charge in [-0.15, -0.1) is 0 Å². The van der Waals surface area contributed by atoms with Gasteiger partial charge in [-0.05, 0) is 43.7 Å². The van der Waals surface area contributed by atoms with E-state index in [-0.39, 0.29) is 23.7 Å². The van der Waals surface area contributed by atoms with Crippen molar-refractivity contribution in [3.63, 3.8) is 0 Å². The quantitative estimate of drug-likeness (QED) is 0.868. The number of amides is 2. The van der Waals surface area contributed by atoms with Crippen LogP contribution in [0.3, 0.4) is 0 Å². The SMILES string of the molecule is COc1ccccc1CCNC(=O)C1CC1C(=O)N1CCCCC1. The van der Waals surface area contributed by atoms with Gasteiger partial charge >= 0.3 is 0 Å². The normalized spacial score (nSPS) is 22.8. The Morgan fingerprint density at radius 3 is 2.67 bits per heavy atom. The molecule has 0 aromatic heterocycles. The van der Waals surface area contributed by atoms with Gasteiger partial charge in [0.2, 0.25) is 11.8 Å². The monoisotopic (exact) mass is 330 g/mol. The molecule has 2 amide bonds. The Kier molecular flexibility index (Phi) is 5.38. The highest BCUT2D eigenvalue weighted by molar-refractivity contribution is 5.92. The summed E-state index contributed by atoms with van der Waals surface area (Å²) in [6.07, 6.45) is 4.83. The van der Waals surface area contributed by atoms with E-state index in [0.29, 0.717) is 13.0 Å². The van der Waals surface area contributed by atoms with E-state index in [2.05, 4.69) is 5.32 Å².